The van der Waals surface area contributed by atoms with Gasteiger partial charge in [0.25, 0.3) is 0 Å². The zero-order valence-electron chi connectivity index (χ0n) is 12.8. The van der Waals surface area contributed by atoms with Crippen molar-refractivity contribution in [3.05, 3.63) is 35.9 Å². The third kappa shape index (κ3) is 4.72. The fourth-order valence-corrected chi connectivity index (χ4v) is 3.22. The molecule has 0 aliphatic heterocycles. The van der Waals surface area contributed by atoms with Crippen LogP contribution in [0, 0.1) is 11.8 Å². The van der Waals surface area contributed by atoms with Crippen molar-refractivity contribution >= 4 is 18.3 Å². The minimum absolute atomic E-state index is 0. The van der Waals surface area contributed by atoms with E-state index in [0.717, 1.165) is 38.8 Å². The highest BCUT2D eigenvalue weighted by molar-refractivity contribution is 5.85. The number of carbonyl (C=O) groups is 1. The second-order valence-corrected chi connectivity index (χ2v) is 5.78. The highest BCUT2D eigenvalue weighted by atomic mass is 35.5. The van der Waals surface area contributed by atoms with E-state index in [1.165, 1.54) is 5.56 Å². The van der Waals surface area contributed by atoms with Crippen LogP contribution in [0.25, 0.3) is 0 Å². The van der Waals surface area contributed by atoms with Crippen LogP contribution in [0.3, 0.4) is 0 Å². The van der Waals surface area contributed by atoms with Crippen LogP contribution in [0.4, 0.5) is 0 Å². The molecule has 1 aliphatic carbocycles. The summed E-state index contributed by atoms with van der Waals surface area (Å²) < 4.78 is 0. The van der Waals surface area contributed by atoms with Crippen LogP contribution in [0.5, 0.6) is 0 Å². The Bertz CT molecular complexity index is 424. The van der Waals surface area contributed by atoms with Crippen molar-refractivity contribution in [2.45, 2.75) is 39.2 Å². The summed E-state index contributed by atoms with van der Waals surface area (Å²) in [5.41, 5.74) is 7.02. The van der Waals surface area contributed by atoms with Gasteiger partial charge in [0.15, 0.2) is 0 Å². The largest absolute Gasteiger partial charge is 0.338 e. The fraction of sp³-hybridized carbons (Fsp3) is 0.588. The number of rotatable bonds is 6. The predicted molar refractivity (Wildman–Crippen MR) is 89.3 cm³/mol. The lowest BCUT2D eigenvalue weighted by atomic mass is 9.94. The Morgan fingerprint density at radius 1 is 1.29 bits per heavy atom. The molecule has 0 radical (unpaired) electrons. The van der Waals surface area contributed by atoms with Gasteiger partial charge in [-0.2, -0.15) is 0 Å². The van der Waals surface area contributed by atoms with Gasteiger partial charge in [-0.05, 0) is 37.3 Å². The molecule has 0 saturated heterocycles. The number of nitrogens with zero attached hydrogens (tertiary/aromatic N) is 1. The summed E-state index contributed by atoms with van der Waals surface area (Å²) in [5, 5.41) is 0. The molecule has 0 heterocycles. The molecule has 2 rings (SSSR count). The van der Waals surface area contributed by atoms with Crippen molar-refractivity contribution in [1.29, 1.82) is 0 Å². The third-order valence-corrected chi connectivity index (χ3v) is 4.30. The van der Waals surface area contributed by atoms with Crippen molar-refractivity contribution in [3.63, 3.8) is 0 Å². The average Bonchev–Trinajstić information content (AvgIpc) is 2.95. The highest BCUT2D eigenvalue weighted by Gasteiger charge is 2.34. The van der Waals surface area contributed by atoms with Crippen LogP contribution in [-0.2, 0) is 11.3 Å². The first-order valence-corrected chi connectivity index (χ1v) is 7.79. The maximum atomic E-state index is 12.8. The Balaban J connectivity index is 0.00000220. The molecule has 0 aromatic heterocycles. The van der Waals surface area contributed by atoms with E-state index in [1.54, 1.807) is 0 Å². The first-order chi connectivity index (χ1) is 9.76. The molecule has 0 spiro atoms. The van der Waals surface area contributed by atoms with Crippen LogP contribution in [0.1, 0.15) is 38.2 Å². The molecule has 1 amide bonds. The molecule has 1 fully saturated rings. The van der Waals surface area contributed by atoms with E-state index in [2.05, 4.69) is 19.1 Å². The Morgan fingerprint density at radius 2 is 2.00 bits per heavy atom. The summed E-state index contributed by atoms with van der Waals surface area (Å²) in [7, 11) is 0. The van der Waals surface area contributed by atoms with Crippen molar-refractivity contribution in [2.75, 3.05) is 13.1 Å². The number of nitrogens with two attached hydrogens (primary N) is 1. The number of halogens is 1. The van der Waals surface area contributed by atoms with E-state index in [4.69, 9.17) is 5.73 Å². The molecule has 0 unspecified atom stereocenters. The number of hydrogen-bond acceptors (Lipinski definition) is 2. The van der Waals surface area contributed by atoms with E-state index in [-0.39, 0.29) is 18.3 Å². The first kappa shape index (κ1) is 18.0. The summed E-state index contributed by atoms with van der Waals surface area (Å²) in [6, 6.07) is 10.2. The minimum atomic E-state index is 0. The number of hydrogen-bond donors (Lipinski definition) is 1. The Hall–Kier alpha value is -1.06. The van der Waals surface area contributed by atoms with Gasteiger partial charge in [-0.1, -0.05) is 43.7 Å². The molecular formula is C17H27ClN2O. The van der Waals surface area contributed by atoms with Gasteiger partial charge >= 0.3 is 0 Å². The number of benzene rings is 1. The van der Waals surface area contributed by atoms with Gasteiger partial charge in [-0.25, -0.2) is 0 Å². The van der Waals surface area contributed by atoms with Crippen molar-refractivity contribution in [3.8, 4) is 0 Å². The normalized spacial score (nSPS) is 20.9. The molecular weight excluding hydrogens is 284 g/mol. The molecule has 2 atom stereocenters. The molecule has 1 aromatic rings. The molecule has 3 nitrogen and oxygen atoms in total. The molecule has 1 saturated carbocycles. The molecule has 1 aromatic carbocycles. The standard InChI is InChI=1S/C17H26N2O.ClH/c1-2-11-19(13-14-7-4-3-5-8-14)17(20)16-10-6-9-15(16)12-18;/h3-5,7-8,15-16H,2,6,9-13,18H2,1H3;1H/t15-,16-;/m1./s1. The SMILES string of the molecule is CCCN(Cc1ccccc1)C(=O)[C@@H]1CCC[C@@H]1CN.Cl. The van der Waals surface area contributed by atoms with Crippen molar-refractivity contribution in [1.82, 2.24) is 4.90 Å². The van der Waals surface area contributed by atoms with Crippen LogP contribution in [0.15, 0.2) is 30.3 Å². The molecule has 2 N–H and O–H groups in total. The maximum Gasteiger partial charge on any atom is 0.226 e. The summed E-state index contributed by atoms with van der Waals surface area (Å²) >= 11 is 0. The smallest absolute Gasteiger partial charge is 0.226 e. The summed E-state index contributed by atoms with van der Waals surface area (Å²) in [4.78, 5) is 14.8. The quantitative estimate of drug-likeness (QED) is 0.877. The van der Waals surface area contributed by atoms with Crippen LogP contribution < -0.4 is 5.73 Å². The monoisotopic (exact) mass is 310 g/mol. The van der Waals surface area contributed by atoms with Crippen molar-refractivity contribution < 1.29 is 4.79 Å². The second-order valence-electron chi connectivity index (χ2n) is 5.78. The number of amides is 1. The first-order valence-electron chi connectivity index (χ1n) is 7.79. The molecule has 0 bridgehead atoms. The van der Waals surface area contributed by atoms with E-state index in [9.17, 15) is 4.79 Å². The van der Waals surface area contributed by atoms with Gasteiger partial charge in [0.05, 0.1) is 0 Å². The van der Waals surface area contributed by atoms with E-state index < -0.39 is 0 Å². The average molecular weight is 311 g/mol. The lowest BCUT2D eigenvalue weighted by molar-refractivity contribution is -0.137. The van der Waals surface area contributed by atoms with E-state index >= 15 is 0 Å². The van der Waals surface area contributed by atoms with Gasteiger partial charge in [0.1, 0.15) is 0 Å². The zero-order chi connectivity index (χ0) is 14.4. The Morgan fingerprint density at radius 3 is 2.62 bits per heavy atom. The Labute approximate surface area is 134 Å². The molecule has 1 aliphatic rings. The Kier molecular flexibility index (Phi) is 7.76. The zero-order valence-corrected chi connectivity index (χ0v) is 13.6. The summed E-state index contributed by atoms with van der Waals surface area (Å²) in [6.45, 7) is 4.32. The van der Waals surface area contributed by atoms with Crippen LogP contribution >= 0.6 is 12.4 Å². The third-order valence-electron chi connectivity index (χ3n) is 4.30. The highest BCUT2D eigenvalue weighted by Crippen LogP contribution is 2.32. The lowest BCUT2D eigenvalue weighted by Gasteiger charge is -2.28. The van der Waals surface area contributed by atoms with Gasteiger partial charge in [-0.15, -0.1) is 12.4 Å². The predicted octanol–water partition coefficient (Wildman–Crippen LogP) is 3.22. The molecule has 4 heteroatoms. The molecule has 118 valence electrons. The van der Waals surface area contributed by atoms with Gasteiger partial charge < -0.3 is 10.6 Å². The van der Waals surface area contributed by atoms with E-state index in [0.29, 0.717) is 18.4 Å². The van der Waals surface area contributed by atoms with E-state index in [1.807, 2.05) is 23.1 Å². The van der Waals surface area contributed by atoms with Crippen LogP contribution in [-0.4, -0.2) is 23.9 Å². The lowest BCUT2D eigenvalue weighted by Crippen LogP contribution is -2.39. The minimum Gasteiger partial charge on any atom is -0.338 e. The topological polar surface area (TPSA) is 46.3 Å². The van der Waals surface area contributed by atoms with Crippen molar-refractivity contribution in [2.24, 2.45) is 17.6 Å². The molecule has 21 heavy (non-hydrogen) atoms. The summed E-state index contributed by atoms with van der Waals surface area (Å²) in [6.07, 6.45) is 4.26. The maximum absolute atomic E-state index is 12.8. The second kappa shape index (κ2) is 9.06. The van der Waals surface area contributed by atoms with Gasteiger partial charge in [0.2, 0.25) is 5.91 Å². The fourth-order valence-electron chi connectivity index (χ4n) is 3.22. The number of carbonyl (C=O) groups excluding carboxylic acids is 1. The summed E-state index contributed by atoms with van der Waals surface area (Å²) in [5.74, 6) is 0.844. The van der Waals surface area contributed by atoms with Crippen LogP contribution in [0.2, 0.25) is 0 Å². The van der Waals surface area contributed by atoms with Gasteiger partial charge in [-0.3, -0.25) is 4.79 Å². The van der Waals surface area contributed by atoms with Gasteiger partial charge in [0, 0.05) is 19.0 Å².